The zero-order valence-corrected chi connectivity index (χ0v) is 9.91. The molecule has 0 saturated carbocycles. The fraction of sp³-hybridized carbons (Fsp3) is 0.333. The number of thiazole rings is 1. The van der Waals surface area contributed by atoms with E-state index in [0.717, 1.165) is 15.8 Å². The van der Waals surface area contributed by atoms with Crippen molar-refractivity contribution in [1.29, 1.82) is 0 Å². The molecule has 0 aliphatic carbocycles. The summed E-state index contributed by atoms with van der Waals surface area (Å²) in [7, 11) is 0. The number of fused-ring (bicyclic) bond motifs is 1. The minimum atomic E-state index is -0.717. The second-order valence-electron chi connectivity index (χ2n) is 4.28. The van der Waals surface area contributed by atoms with E-state index in [9.17, 15) is 4.79 Å². The van der Waals surface area contributed by atoms with Crippen LogP contribution in [0.2, 0.25) is 0 Å². The van der Waals surface area contributed by atoms with E-state index in [2.05, 4.69) is 10.3 Å². The van der Waals surface area contributed by atoms with Gasteiger partial charge in [-0.2, -0.15) is 0 Å². The third kappa shape index (κ3) is 1.81. The molecule has 17 heavy (non-hydrogen) atoms. The number of aliphatic carboxylic acids is 1. The van der Waals surface area contributed by atoms with Gasteiger partial charge in [0.25, 0.3) is 0 Å². The Balaban J connectivity index is 1.95. The third-order valence-corrected chi connectivity index (χ3v) is 4.04. The minimum absolute atomic E-state index is 0.113. The summed E-state index contributed by atoms with van der Waals surface area (Å²) in [5.74, 6) is -1.00. The highest BCUT2D eigenvalue weighted by Gasteiger charge is 2.31. The summed E-state index contributed by atoms with van der Waals surface area (Å²) in [6, 6.07) is 6.19. The average molecular weight is 248 g/mol. The van der Waals surface area contributed by atoms with Crippen LogP contribution in [0.5, 0.6) is 0 Å². The zero-order chi connectivity index (χ0) is 11.8. The van der Waals surface area contributed by atoms with Crippen molar-refractivity contribution in [2.75, 3.05) is 6.54 Å². The summed E-state index contributed by atoms with van der Waals surface area (Å²) < 4.78 is 1.16. The first-order chi connectivity index (χ1) is 8.25. The molecule has 1 aromatic carbocycles. The van der Waals surface area contributed by atoms with Crippen LogP contribution in [0.15, 0.2) is 23.7 Å². The molecule has 1 fully saturated rings. The molecule has 88 valence electrons. The first kappa shape index (κ1) is 10.7. The van der Waals surface area contributed by atoms with Crippen LogP contribution < -0.4 is 5.32 Å². The summed E-state index contributed by atoms with van der Waals surface area (Å²) in [4.78, 5) is 15.3. The van der Waals surface area contributed by atoms with Crippen LogP contribution in [0.4, 0.5) is 0 Å². The van der Waals surface area contributed by atoms with E-state index >= 15 is 0 Å². The molecule has 4 nitrogen and oxygen atoms in total. The van der Waals surface area contributed by atoms with Gasteiger partial charge in [0.15, 0.2) is 0 Å². The standard InChI is InChI=1S/C12H12N2O2S/c15-12(16)7-4-9(13-5-7)8-2-1-3-10-11(8)14-6-17-10/h1-3,6-7,9,13H,4-5H2,(H,15,16). The van der Waals surface area contributed by atoms with Gasteiger partial charge in [-0.3, -0.25) is 4.79 Å². The second kappa shape index (κ2) is 4.09. The van der Waals surface area contributed by atoms with Crippen molar-refractivity contribution in [3.63, 3.8) is 0 Å². The SMILES string of the molecule is O=C(O)C1CNC(c2cccc3scnc23)C1. The molecule has 3 rings (SSSR count). The van der Waals surface area contributed by atoms with Crippen molar-refractivity contribution in [3.8, 4) is 0 Å². The maximum absolute atomic E-state index is 10.9. The number of para-hydroxylation sites is 1. The summed E-state index contributed by atoms with van der Waals surface area (Å²) in [5, 5.41) is 12.3. The molecule has 2 unspecified atom stereocenters. The number of hydrogen-bond acceptors (Lipinski definition) is 4. The number of benzene rings is 1. The lowest BCUT2D eigenvalue weighted by Gasteiger charge is -2.10. The number of hydrogen-bond donors (Lipinski definition) is 2. The van der Waals surface area contributed by atoms with Crippen molar-refractivity contribution in [1.82, 2.24) is 10.3 Å². The van der Waals surface area contributed by atoms with E-state index in [1.165, 1.54) is 0 Å². The monoisotopic (exact) mass is 248 g/mol. The molecule has 0 amide bonds. The Morgan fingerprint density at radius 2 is 2.41 bits per heavy atom. The average Bonchev–Trinajstić information content (AvgIpc) is 2.97. The predicted octanol–water partition coefficient (Wildman–Crippen LogP) is 2.03. The van der Waals surface area contributed by atoms with Crippen LogP contribution in [-0.2, 0) is 4.79 Å². The van der Waals surface area contributed by atoms with E-state index in [0.29, 0.717) is 13.0 Å². The van der Waals surface area contributed by atoms with E-state index in [1.807, 2.05) is 23.7 Å². The molecular weight excluding hydrogens is 236 g/mol. The zero-order valence-electron chi connectivity index (χ0n) is 9.09. The lowest BCUT2D eigenvalue weighted by molar-refractivity contribution is -0.141. The minimum Gasteiger partial charge on any atom is -0.481 e. The maximum atomic E-state index is 10.9. The lowest BCUT2D eigenvalue weighted by atomic mass is 9.99. The first-order valence-electron chi connectivity index (χ1n) is 5.54. The molecule has 0 spiro atoms. The Hall–Kier alpha value is -1.46. The van der Waals surface area contributed by atoms with Crippen LogP contribution in [0.1, 0.15) is 18.0 Å². The smallest absolute Gasteiger partial charge is 0.307 e. The van der Waals surface area contributed by atoms with Gasteiger partial charge >= 0.3 is 5.97 Å². The summed E-state index contributed by atoms with van der Waals surface area (Å²) in [6.07, 6.45) is 0.645. The van der Waals surface area contributed by atoms with E-state index in [4.69, 9.17) is 5.11 Å². The van der Waals surface area contributed by atoms with E-state index in [-0.39, 0.29) is 12.0 Å². The van der Waals surface area contributed by atoms with Gasteiger partial charge in [0.2, 0.25) is 0 Å². The van der Waals surface area contributed by atoms with Crippen molar-refractivity contribution in [2.24, 2.45) is 5.92 Å². The lowest BCUT2D eigenvalue weighted by Crippen LogP contribution is -2.17. The Kier molecular flexibility index (Phi) is 2.57. The Bertz CT molecular complexity index is 566. The fourth-order valence-electron chi connectivity index (χ4n) is 2.35. The number of nitrogens with one attached hydrogen (secondary N) is 1. The first-order valence-corrected chi connectivity index (χ1v) is 6.42. The molecule has 1 aliphatic heterocycles. The number of carboxylic acid groups (broad SMARTS) is 1. The van der Waals surface area contributed by atoms with Gasteiger partial charge in [-0.15, -0.1) is 11.3 Å². The number of rotatable bonds is 2. The van der Waals surface area contributed by atoms with Crippen LogP contribution >= 0.6 is 11.3 Å². The van der Waals surface area contributed by atoms with Crippen molar-refractivity contribution in [2.45, 2.75) is 12.5 Å². The highest BCUT2D eigenvalue weighted by molar-refractivity contribution is 7.16. The number of carboxylic acids is 1. The van der Waals surface area contributed by atoms with Crippen molar-refractivity contribution >= 4 is 27.5 Å². The van der Waals surface area contributed by atoms with E-state index in [1.54, 1.807) is 11.3 Å². The van der Waals surface area contributed by atoms with Gasteiger partial charge in [0.05, 0.1) is 21.6 Å². The molecule has 2 heterocycles. The molecule has 2 atom stereocenters. The second-order valence-corrected chi connectivity index (χ2v) is 5.16. The van der Waals surface area contributed by atoms with Crippen LogP contribution in [0, 0.1) is 5.92 Å². The molecule has 5 heteroatoms. The topological polar surface area (TPSA) is 62.2 Å². The Labute approximate surface area is 102 Å². The van der Waals surface area contributed by atoms with E-state index < -0.39 is 5.97 Å². The highest BCUT2D eigenvalue weighted by Crippen LogP contribution is 2.32. The third-order valence-electron chi connectivity index (χ3n) is 3.25. The van der Waals surface area contributed by atoms with Gasteiger partial charge in [-0.25, -0.2) is 4.98 Å². The molecular formula is C12H12N2O2S. The number of carbonyl (C=O) groups is 1. The fourth-order valence-corrected chi connectivity index (χ4v) is 3.06. The maximum Gasteiger partial charge on any atom is 0.307 e. The van der Waals surface area contributed by atoms with Crippen LogP contribution in [0.25, 0.3) is 10.2 Å². The van der Waals surface area contributed by atoms with Crippen molar-refractivity contribution < 1.29 is 9.90 Å². The van der Waals surface area contributed by atoms with Gasteiger partial charge in [0.1, 0.15) is 0 Å². The Morgan fingerprint density at radius 3 is 3.18 bits per heavy atom. The molecule has 2 N–H and O–H groups in total. The summed E-state index contributed by atoms with van der Waals surface area (Å²) in [6.45, 7) is 0.542. The van der Waals surface area contributed by atoms with Gasteiger partial charge in [0, 0.05) is 12.6 Å². The normalized spacial score (nSPS) is 24.2. The number of nitrogens with zero attached hydrogens (tertiary/aromatic N) is 1. The van der Waals surface area contributed by atoms with Crippen LogP contribution in [-0.4, -0.2) is 22.6 Å². The van der Waals surface area contributed by atoms with Gasteiger partial charge < -0.3 is 10.4 Å². The molecule has 0 radical (unpaired) electrons. The van der Waals surface area contributed by atoms with Gasteiger partial charge in [-0.1, -0.05) is 12.1 Å². The summed E-state index contributed by atoms with van der Waals surface area (Å²) in [5.41, 5.74) is 3.95. The van der Waals surface area contributed by atoms with Gasteiger partial charge in [-0.05, 0) is 18.1 Å². The number of aromatic nitrogens is 1. The largest absolute Gasteiger partial charge is 0.481 e. The van der Waals surface area contributed by atoms with Crippen LogP contribution in [0.3, 0.4) is 0 Å². The quantitative estimate of drug-likeness (QED) is 0.853. The molecule has 1 saturated heterocycles. The molecule has 2 aromatic rings. The molecule has 1 aliphatic rings. The summed E-state index contributed by atoms with van der Waals surface area (Å²) >= 11 is 1.61. The van der Waals surface area contributed by atoms with Crippen molar-refractivity contribution in [3.05, 3.63) is 29.3 Å². The Morgan fingerprint density at radius 1 is 1.53 bits per heavy atom. The molecule has 1 aromatic heterocycles. The highest BCUT2D eigenvalue weighted by atomic mass is 32.1. The predicted molar refractivity (Wildman–Crippen MR) is 66.1 cm³/mol. The molecule has 0 bridgehead atoms.